The summed E-state index contributed by atoms with van der Waals surface area (Å²) in [5, 5.41) is 18.1. The van der Waals surface area contributed by atoms with Crippen molar-refractivity contribution in [3.8, 4) is 17.2 Å². The summed E-state index contributed by atoms with van der Waals surface area (Å²) in [4.78, 5) is 12.4. The molecule has 2 aromatic carbocycles. The molecule has 0 unspecified atom stereocenters. The van der Waals surface area contributed by atoms with Crippen molar-refractivity contribution in [3.63, 3.8) is 0 Å². The third kappa shape index (κ3) is 4.27. The highest BCUT2D eigenvalue weighted by Gasteiger charge is 2.11. The van der Waals surface area contributed by atoms with E-state index in [1.807, 2.05) is 6.07 Å². The van der Waals surface area contributed by atoms with E-state index in [0.29, 0.717) is 17.9 Å². The van der Waals surface area contributed by atoms with Crippen molar-refractivity contribution in [2.45, 2.75) is 6.92 Å². The van der Waals surface area contributed by atoms with Crippen LogP contribution in [0.25, 0.3) is 5.69 Å². The number of hydrazone groups is 1. The van der Waals surface area contributed by atoms with Crippen molar-refractivity contribution in [1.82, 2.24) is 9.78 Å². The third-order valence-corrected chi connectivity index (χ3v) is 4.32. The third-order valence-electron chi connectivity index (χ3n) is 3.67. The van der Waals surface area contributed by atoms with E-state index in [1.165, 1.54) is 23.2 Å². The van der Waals surface area contributed by atoms with Gasteiger partial charge in [0.1, 0.15) is 10.7 Å². The van der Waals surface area contributed by atoms with Crippen molar-refractivity contribution >= 4 is 35.1 Å². The number of aromatic hydroxyl groups is 1. The Balaban J connectivity index is 1.82. The number of nitrogens with one attached hydrogen (secondary N) is 1. The summed E-state index contributed by atoms with van der Waals surface area (Å²) in [5.41, 5.74) is 3.65. The van der Waals surface area contributed by atoms with Crippen LogP contribution >= 0.6 is 23.2 Å². The minimum atomic E-state index is -0.473. The fourth-order valence-corrected chi connectivity index (χ4v) is 2.76. The fourth-order valence-electron chi connectivity index (χ4n) is 2.37. The van der Waals surface area contributed by atoms with Gasteiger partial charge in [-0.2, -0.15) is 14.9 Å². The first-order valence-electron chi connectivity index (χ1n) is 8.29. The Morgan fingerprint density at radius 1 is 1.29 bits per heavy atom. The molecule has 3 rings (SSSR count). The number of ether oxygens (including phenoxy) is 1. The summed E-state index contributed by atoms with van der Waals surface area (Å²) in [5.74, 6) is 0.118. The van der Waals surface area contributed by atoms with E-state index in [0.717, 1.165) is 0 Å². The number of nitrogens with zero attached hydrogens (tertiary/aromatic N) is 3. The van der Waals surface area contributed by atoms with E-state index in [9.17, 15) is 9.90 Å². The second kappa shape index (κ2) is 8.77. The summed E-state index contributed by atoms with van der Waals surface area (Å²) in [7, 11) is 0. The second-order valence-corrected chi connectivity index (χ2v) is 6.36. The van der Waals surface area contributed by atoms with Crippen LogP contribution in [0.5, 0.6) is 11.5 Å². The lowest BCUT2D eigenvalue weighted by atomic mass is 10.2. The van der Waals surface area contributed by atoms with Crippen LogP contribution in [0.1, 0.15) is 12.5 Å². The van der Waals surface area contributed by atoms with Gasteiger partial charge in [-0.1, -0.05) is 41.4 Å². The highest BCUT2D eigenvalue weighted by atomic mass is 35.5. The predicted octanol–water partition coefficient (Wildman–Crippen LogP) is 4.09. The van der Waals surface area contributed by atoms with Crippen LogP contribution in [0.3, 0.4) is 0 Å². The van der Waals surface area contributed by atoms with Gasteiger partial charge in [0.25, 0.3) is 5.56 Å². The molecule has 1 heterocycles. The van der Waals surface area contributed by atoms with Crippen LogP contribution < -0.4 is 15.7 Å². The van der Waals surface area contributed by atoms with Crippen molar-refractivity contribution in [3.05, 3.63) is 74.6 Å². The number of rotatable bonds is 6. The number of anilines is 1. The molecule has 0 fully saturated rings. The van der Waals surface area contributed by atoms with Gasteiger partial charge >= 0.3 is 0 Å². The second-order valence-electron chi connectivity index (χ2n) is 5.58. The van der Waals surface area contributed by atoms with Crippen molar-refractivity contribution in [2.75, 3.05) is 12.0 Å². The van der Waals surface area contributed by atoms with Gasteiger partial charge in [-0.25, -0.2) is 0 Å². The molecule has 0 radical (unpaired) electrons. The van der Waals surface area contributed by atoms with Gasteiger partial charge in [-0.3, -0.25) is 10.2 Å². The highest BCUT2D eigenvalue weighted by Crippen LogP contribution is 2.34. The van der Waals surface area contributed by atoms with Crippen LogP contribution in [0.4, 0.5) is 5.69 Å². The zero-order valence-corrected chi connectivity index (χ0v) is 16.3. The lowest BCUT2D eigenvalue weighted by Gasteiger charge is -2.09. The molecule has 0 atom stereocenters. The zero-order valence-electron chi connectivity index (χ0n) is 14.8. The average Bonchev–Trinajstić information content (AvgIpc) is 2.70. The van der Waals surface area contributed by atoms with Crippen LogP contribution in [-0.2, 0) is 0 Å². The monoisotopic (exact) mass is 418 g/mol. The van der Waals surface area contributed by atoms with Crippen LogP contribution in [-0.4, -0.2) is 27.7 Å². The maximum Gasteiger partial charge on any atom is 0.292 e. The quantitative estimate of drug-likeness (QED) is 0.464. The van der Waals surface area contributed by atoms with Crippen LogP contribution in [0, 0.1) is 0 Å². The Morgan fingerprint density at radius 2 is 2.04 bits per heavy atom. The molecule has 0 spiro atoms. The van der Waals surface area contributed by atoms with Gasteiger partial charge in [-0.05, 0) is 36.8 Å². The van der Waals surface area contributed by atoms with E-state index >= 15 is 0 Å². The maximum atomic E-state index is 12.4. The smallest absolute Gasteiger partial charge is 0.292 e. The molecule has 3 aromatic rings. The summed E-state index contributed by atoms with van der Waals surface area (Å²) in [6.07, 6.45) is 2.86. The number of aromatic nitrogens is 2. The minimum Gasteiger partial charge on any atom is -0.503 e. The number of phenols is 1. The Kier molecular flexibility index (Phi) is 6.18. The molecule has 2 N–H and O–H groups in total. The lowest BCUT2D eigenvalue weighted by molar-refractivity contribution is 0.318. The topological polar surface area (TPSA) is 88.7 Å². The molecule has 0 bridgehead atoms. The SMILES string of the molecule is CCOc1cc(/C=N\Nc2cnn(-c3ccccc3)c(=O)c2Cl)cc(Cl)c1O. The zero-order chi connectivity index (χ0) is 20.1. The summed E-state index contributed by atoms with van der Waals surface area (Å²) >= 11 is 12.1. The van der Waals surface area contributed by atoms with E-state index in [2.05, 4.69) is 15.6 Å². The fraction of sp³-hybridized carbons (Fsp3) is 0.105. The number of benzene rings is 2. The van der Waals surface area contributed by atoms with Crippen molar-refractivity contribution in [1.29, 1.82) is 0 Å². The number of hydrogen-bond acceptors (Lipinski definition) is 6. The maximum absolute atomic E-state index is 12.4. The van der Waals surface area contributed by atoms with Gasteiger partial charge in [0.2, 0.25) is 0 Å². The Morgan fingerprint density at radius 3 is 2.75 bits per heavy atom. The number of hydrogen-bond donors (Lipinski definition) is 2. The molecular formula is C19H16Cl2N4O3. The van der Waals surface area contributed by atoms with E-state index in [-0.39, 0.29) is 27.2 Å². The van der Waals surface area contributed by atoms with Gasteiger partial charge in [0.15, 0.2) is 11.5 Å². The molecule has 7 nitrogen and oxygen atoms in total. The van der Waals surface area contributed by atoms with Gasteiger partial charge in [-0.15, -0.1) is 0 Å². The van der Waals surface area contributed by atoms with Crippen molar-refractivity contribution in [2.24, 2.45) is 5.10 Å². The number of para-hydroxylation sites is 1. The first kappa shape index (κ1) is 19.7. The van der Waals surface area contributed by atoms with Gasteiger partial charge in [0, 0.05) is 0 Å². The normalized spacial score (nSPS) is 11.0. The summed E-state index contributed by atoms with van der Waals surface area (Å²) < 4.78 is 6.52. The standard InChI is InChI=1S/C19H16Cl2N4O3/c1-2-28-16-9-12(8-14(20)18(16)26)10-22-24-15-11-23-25(19(27)17(15)21)13-6-4-3-5-7-13/h3-11,24,26H,2H2,1H3/b22-10-. The van der Waals surface area contributed by atoms with Gasteiger partial charge < -0.3 is 9.84 Å². The largest absolute Gasteiger partial charge is 0.503 e. The van der Waals surface area contributed by atoms with E-state index in [1.54, 1.807) is 37.3 Å². The lowest BCUT2D eigenvalue weighted by Crippen LogP contribution is -2.22. The molecule has 0 aliphatic carbocycles. The predicted molar refractivity (Wildman–Crippen MR) is 110 cm³/mol. The molecule has 0 amide bonds. The number of halogens is 2. The average molecular weight is 419 g/mol. The molecule has 0 aliphatic rings. The van der Waals surface area contributed by atoms with Gasteiger partial charge in [0.05, 0.1) is 29.7 Å². The summed E-state index contributed by atoms with van der Waals surface area (Å²) in [6, 6.07) is 12.1. The first-order chi connectivity index (χ1) is 13.5. The summed E-state index contributed by atoms with van der Waals surface area (Å²) in [6.45, 7) is 2.17. The molecule has 1 aromatic heterocycles. The first-order valence-corrected chi connectivity index (χ1v) is 9.04. The molecule has 28 heavy (non-hydrogen) atoms. The Hall–Kier alpha value is -3.03. The highest BCUT2D eigenvalue weighted by molar-refractivity contribution is 6.33. The van der Waals surface area contributed by atoms with Crippen LogP contribution in [0.15, 0.2) is 58.6 Å². The molecule has 144 valence electrons. The Bertz CT molecular complexity index is 1070. The number of phenolic OH excluding ortho intramolecular Hbond substituents is 1. The minimum absolute atomic E-state index is 0.0465. The van der Waals surface area contributed by atoms with E-state index in [4.69, 9.17) is 27.9 Å². The van der Waals surface area contributed by atoms with E-state index < -0.39 is 5.56 Å². The van der Waals surface area contributed by atoms with Crippen LogP contribution in [0.2, 0.25) is 10.0 Å². The molecule has 0 saturated carbocycles. The van der Waals surface area contributed by atoms with Crippen molar-refractivity contribution < 1.29 is 9.84 Å². The molecular weight excluding hydrogens is 403 g/mol. The molecule has 9 heteroatoms. The molecule has 0 saturated heterocycles. The molecule has 0 aliphatic heterocycles. The Labute approximate surface area is 170 Å².